The van der Waals surface area contributed by atoms with Crippen molar-refractivity contribution in [3.63, 3.8) is 0 Å². The second-order valence-corrected chi connectivity index (χ2v) is 5.95. The van der Waals surface area contributed by atoms with Crippen molar-refractivity contribution < 1.29 is 19.3 Å². The van der Waals surface area contributed by atoms with E-state index in [1.54, 1.807) is 0 Å². The van der Waals surface area contributed by atoms with Gasteiger partial charge in [-0.1, -0.05) is 13.0 Å². The summed E-state index contributed by atoms with van der Waals surface area (Å²) in [5, 5.41) is 9.20. The second kappa shape index (κ2) is 4.93. The van der Waals surface area contributed by atoms with E-state index in [1.807, 2.05) is 19.9 Å². The molecule has 2 heterocycles. The summed E-state index contributed by atoms with van der Waals surface area (Å²) in [7, 11) is 0. The SMILES string of the molecule is C=C[C@@H]1C[C@H]2OC(C)(C)OC[C@@]2(C)[C@H](CCO)O1. The Morgan fingerprint density at radius 2 is 2.11 bits per heavy atom. The average Bonchev–Trinajstić information content (AvgIpc) is 2.31. The Morgan fingerprint density at radius 3 is 2.72 bits per heavy atom. The lowest BCUT2D eigenvalue weighted by molar-refractivity contribution is -0.351. The summed E-state index contributed by atoms with van der Waals surface area (Å²) in [6.07, 6.45) is 3.23. The molecule has 1 N–H and O–H groups in total. The smallest absolute Gasteiger partial charge is 0.163 e. The fourth-order valence-electron chi connectivity index (χ4n) is 2.85. The van der Waals surface area contributed by atoms with Crippen molar-refractivity contribution in [1.82, 2.24) is 0 Å². The predicted molar refractivity (Wildman–Crippen MR) is 68.2 cm³/mol. The van der Waals surface area contributed by atoms with Crippen LogP contribution in [0.4, 0.5) is 0 Å². The molecule has 0 unspecified atom stereocenters. The molecule has 4 nitrogen and oxygen atoms in total. The molecule has 104 valence electrons. The standard InChI is InChI=1S/C14H24O4/c1-5-10-8-12-14(4,11(17-10)6-7-15)9-16-13(2,3)18-12/h5,10-12,15H,1,6-9H2,2-4H3/t10-,11+,12-,14+/m1/s1. The molecule has 0 bridgehead atoms. The van der Waals surface area contributed by atoms with Gasteiger partial charge < -0.3 is 19.3 Å². The van der Waals surface area contributed by atoms with Gasteiger partial charge in [0.1, 0.15) is 0 Å². The minimum Gasteiger partial charge on any atom is -0.396 e. The van der Waals surface area contributed by atoms with Crippen LogP contribution in [0.1, 0.15) is 33.6 Å². The van der Waals surface area contributed by atoms with Crippen LogP contribution in [0.3, 0.4) is 0 Å². The van der Waals surface area contributed by atoms with Crippen molar-refractivity contribution >= 4 is 0 Å². The van der Waals surface area contributed by atoms with Crippen LogP contribution in [0.25, 0.3) is 0 Å². The molecule has 0 saturated carbocycles. The fourth-order valence-corrected chi connectivity index (χ4v) is 2.85. The quantitative estimate of drug-likeness (QED) is 0.783. The molecule has 2 saturated heterocycles. The minimum absolute atomic E-state index is 0.00600. The van der Waals surface area contributed by atoms with Crippen LogP contribution in [-0.2, 0) is 14.2 Å². The van der Waals surface area contributed by atoms with E-state index in [2.05, 4.69) is 13.5 Å². The van der Waals surface area contributed by atoms with Crippen LogP contribution >= 0.6 is 0 Å². The van der Waals surface area contributed by atoms with Gasteiger partial charge in [0.25, 0.3) is 0 Å². The Kier molecular flexibility index (Phi) is 3.83. The molecule has 2 aliphatic heterocycles. The van der Waals surface area contributed by atoms with Crippen molar-refractivity contribution in [2.45, 2.75) is 57.7 Å². The second-order valence-electron chi connectivity index (χ2n) is 5.95. The molecule has 0 aromatic carbocycles. The van der Waals surface area contributed by atoms with Crippen molar-refractivity contribution in [3.8, 4) is 0 Å². The maximum Gasteiger partial charge on any atom is 0.163 e. The van der Waals surface area contributed by atoms with Crippen LogP contribution < -0.4 is 0 Å². The molecular weight excluding hydrogens is 232 g/mol. The molecule has 0 amide bonds. The van der Waals surface area contributed by atoms with E-state index < -0.39 is 5.79 Å². The van der Waals surface area contributed by atoms with E-state index >= 15 is 0 Å². The number of hydrogen-bond acceptors (Lipinski definition) is 4. The molecule has 2 fully saturated rings. The van der Waals surface area contributed by atoms with Crippen LogP contribution in [-0.4, -0.2) is 42.4 Å². The maximum absolute atomic E-state index is 9.20. The van der Waals surface area contributed by atoms with Gasteiger partial charge in [-0.25, -0.2) is 0 Å². The van der Waals surface area contributed by atoms with Gasteiger partial charge in [-0.05, 0) is 20.3 Å². The first-order valence-corrected chi connectivity index (χ1v) is 6.62. The number of aliphatic hydroxyl groups is 1. The number of aliphatic hydroxyl groups excluding tert-OH is 1. The molecule has 2 aliphatic rings. The summed E-state index contributed by atoms with van der Waals surface area (Å²) >= 11 is 0. The zero-order valence-electron chi connectivity index (χ0n) is 11.5. The summed E-state index contributed by atoms with van der Waals surface area (Å²) in [6.45, 7) is 10.5. The van der Waals surface area contributed by atoms with Crippen molar-refractivity contribution in [3.05, 3.63) is 12.7 Å². The van der Waals surface area contributed by atoms with E-state index in [9.17, 15) is 5.11 Å². The largest absolute Gasteiger partial charge is 0.396 e. The Morgan fingerprint density at radius 1 is 1.39 bits per heavy atom. The van der Waals surface area contributed by atoms with Gasteiger partial charge in [0.05, 0.1) is 24.9 Å². The normalized spacial score (nSPS) is 43.2. The fraction of sp³-hybridized carbons (Fsp3) is 0.857. The van der Waals surface area contributed by atoms with Crippen LogP contribution in [0.5, 0.6) is 0 Å². The highest BCUT2D eigenvalue weighted by molar-refractivity contribution is 5.02. The molecule has 0 spiro atoms. The van der Waals surface area contributed by atoms with Gasteiger partial charge in [0.15, 0.2) is 5.79 Å². The number of rotatable bonds is 3. The summed E-state index contributed by atoms with van der Waals surface area (Å²) in [4.78, 5) is 0. The van der Waals surface area contributed by atoms with Crippen molar-refractivity contribution in [1.29, 1.82) is 0 Å². The molecule has 0 aliphatic carbocycles. The summed E-state index contributed by atoms with van der Waals surface area (Å²) in [6, 6.07) is 0. The van der Waals surface area contributed by atoms with E-state index in [-0.39, 0.29) is 30.3 Å². The highest BCUT2D eigenvalue weighted by Gasteiger charge is 2.53. The topological polar surface area (TPSA) is 47.9 Å². The van der Waals surface area contributed by atoms with Gasteiger partial charge >= 0.3 is 0 Å². The summed E-state index contributed by atoms with van der Waals surface area (Å²) in [5.74, 6) is -0.545. The third kappa shape index (κ3) is 2.48. The molecule has 0 aromatic rings. The highest BCUT2D eigenvalue weighted by Crippen LogP contribution is 2.45. The van der Waals surface area contributed by atoms with E-state index in [4.69, 9.17) is 14.2 Å². The molecule has 0 aromatic heterocycles. The highest BCUT2D eigenvalue weighted by atomic mass is 16.7. The summed E-state index contributed by atoms with van der Waals surface area (Å²) < 4.78 is 17.8. The first-order chi connectivity index (χ1) is 8.41. The molecule has 4 heteroatoms. The zero-order valence-corrected chi connectivity index (χ0v) is 11.5. The Bertz CT molecular complexity index is 315. The molecule has 4 atom stereocenters. The van der Waals surface area contributed by atoms with Gasteiger partial charge in [0, 0.05) is 18.4 Å². The average molecular weight is 256 g/mol. The lowest BCUT2D eigenvalue weighted by Gasteiger charge is -2.54. The van der Waals surface area contributed by atoms with Crippen LogP contribution in [0, 0.1) is 5.41 Å². The Balaban J connectivity index is 2.20. The zero-order chi connectivity index (χ0) is 13.4. The lowest BCUT2D eigenvalue weighted by Crippen LogP contribution is -2.61. The number of ether oxygens (including phenoxy) is 3. The van der Waals surface area contributed by atoms with Crippen LogP contribution in [0.15, 0.2) is 12.7 Å². The van der Waals surface area contributed by atoms with Crippen LogP contribution in [0.2, 0.25) is 0 Å². The Hall–Kier alpha value is -0.420. The number of fused-ring (bicyclic) bond motifs is 1. The maximum atomic E-state index is 9.20. The lowest BCUT2D eigenvalue weighted by atomic mass is 9.73. The van der Waals surface area contributed by atoms with E-state index in [1.165, 1.54) is 0 Å². The third-order valence-corrected chi connectivity index (χ3v) is 4.07. The molecular formula is C14H24O4. The number of hydrogen-bond donors (Lipinski definition) is 1. The van der Waals surface area contributed by atoms with Gasteiger partial charge in [-0.3, -0.25) is 0 Å². The van der Waals surface area contributed by atoms with Gasteiger partial charge in [0.2, 0.25) is 0 Å². The van der Waals surface area contributed by atoms with E-state index in [0.717, 1.165) is 6.42 Å². The molecule has 0 radical (unpaired) electrons. The predicted octanol–water partition coefficient (Wildman–Crippen LogP) is 1.87. The molecule has 2 rings (SSSR count). The van der Waals surface area contributed by atoms with Gasteiger partial charge in [-0.2, -0.15) is 0 Å². The minimum atomic E-state index is -0.545. The van der Waals surface area contributed by atoms with Crippen molar-refractivity contribution in [2.75, 3.05) is 13.2 Å². The third-order valence-electron chi connectivity index (χ3n) is 4.07. The van der Waals surface area contributed by atoms with Gasteiger partial charge in [-0.15, -0.1) is 6.58 Å². The monoisotopic (exact) mass is 256 g/mol. The van der Waals surface area contributed by atoms with E-state index in [0.29, 0.717) is 13.0 Å². The first kappa shape index (κ1) is 14.0. The van der Waals surface area contributed by atoms with Crippen molar-refractivity contribution in [2.24, 2.45) is 5.41 Å². The first-order valence-electron chi connectivity index (χ1n) is 6.62. The summed E-state index contributed by atoms with van der Waals surface area (Å²) in [5.41, 5.74) is -0.197. The molecule has 18 heavy (non-hydrogen) atoms. The Labute approximate surface area is 109 Å².